The fraction of sp³-hybridized carbons (Fsp3) is 0.765. The molecule has 1 atom stereocenters. The van der Waals surface area contributed by atoms with Crippen LogP contribution in [0.5, 0.6) is 0 Å². The monoisotopic (exact) mass is 304 g/mol. The summed E-state index contributed by atoms with van der Waals surface area (Å²) in [6.07, 6.45) is 8.48. The first-order valence-corrected chi connectivity index (χ1v) is 8.60. The zero-order valence-electron chi connectivity index (χ0n) is 13.8. The van der Waals surface area contributed by atoms with Gasteiger partial charge in [-0.2, -0.15) is 5.10 Å². The smallest absolute Gasteiger partial charge is 0.223 e. The van der Waals surface area contributed by atoms with E-state index in [9.17, 15) is 4.79 Å². The number of carbonyl (C=O) groups is 1. The van der Waals surface area contributed by atoms with E-state index in [2.05, 4.69) is 34.3 Å². The first-order valence-electron chi connectivity index (χ1n) is 8.60. The molecular formula is C17H28N4O. The van der Waals surface area contributed by atoms with Crippen molar-refractivity contribution in [3.05, 3.63) is 17.5 Å². The topological polar surface area (TPSA) is 61.0 Å². The van der Waals surface area contributed by atoms with Gasteiger partial charge in [0, 0.05) is 30.1 Å². The molecule has 1 aliphatic carbocycles. The number of nitrogens with zero attached hydrogens (tertiary/aromatic N) is 2. The molecule has 5 nitrogen and oxygen atoms in total. The zero-order chi connectivity index (χ0) is 15.6. The highest BCUT2D eigenvalue weighted by atomic mass is 16.1. The molecule has 122 valence electrons. The summed E-state index contributed by atoms with van der Waals surface area (Å²) in [6.45, 7) is 7.53. The van der Waals surface area contributed by atoms with E-state index in [1.165, 1.54) is 24.8 Å². The van der Waals surface area contributed by atoms with Crippen molar-refractivity contribution in [2.45, 2.75) is 57.9 Å². The lowest BCUT2D eigenvalue weighted by molar-refractivity contribution is -0.126. The molecule has 1 saturated heterocycles. The Morgan fingerprint density at radius 2 is 2.18 bits per heavy atom. The standard InChI is InChI=1S/C17H28N4O/c1-17(2,21-8-4-3-5-9-21)12-18-16(22)13-6-7-14-11-19-20-15(14)10-13/h11,13H,3-10,12H2,1-2H3,(H,18,22)(H,19,20)/t13-/m1/s1. The van der Waals surface area contributed by atoms with E-state index in [0.29, 0.717) is 0 Å². The minimum Gasteiger partial charge on any atom is -0.354 e. The third kappa shape index (κ3) is 3.35. The number of hydrogen-bond donors (Lipinski definition) is 2. The average Bonchev–Trinajstić information content (AvgIpc) is 3.01. The third-order valence-electron chi connectivity index (χ3n) is 5.30. The molecule has 0 unspecified atom stereocenters. The molecule has 2 heterocycles. The van der Waals surface area contributed by atoms with Crippen molar-refractivity contribution in [3.63, 3.8) is 0 Å². The van der Waals surface area contributed by atoms with Gasteiger partial charge in [-0.3, -0.25) is 14.8 Å². The molecule has 2 aliphatic rings. The molecule has 5 heteroatoms. The predicted molar refractivity (Wildman–Crippen MR) is 86.6 cm³/mol. The summed E-state index contributed by atoms with van der Waals surface area (Å²) in [5.41, 5.74) is 2.46. The van der Waals surface area contributed by atoms with Crippen LogP contribution in [0.4, 0.5) is 0 Å². The number of aromatic nitrogens is 2. The molecule has 0 bridgehead atoms. The second-order valence-corrected chi connectivity index (χ2v) is 7.39. The maximum absolute atomic E-state index is 12.5. The largest absolute Gasteiger partial charge is 0.354 e. The van der Waals surface area contributed by atoms with Crippen LogP contribution in [0.15, 0.2) is 6.20 Å². The van der Waals surface area contributed by atoms with Crippen molar-refractivity contribution in [2.75, 3.05) is 19.6 Å². The van der Waals surface area contributed by atoms with E-state index < -0.39 is 0 Å². The summed E-state index contributed by atoms with van der Waals surface area (Å²) in [7, 11) is 0. The molecule has 22 heavy (non-hydrogen) atoms. The predicted octanol–water partition coefficient (Wildman–Crippen LogP) is 1.90. The van der Waals surface area contributed by atoms with E-state index >= 15 is 0 Å². The van der Waals surface area contributed by atoms with Crippen LogP contribution in [0.2, 0.25) is 0 Å². The van der Waals surface area contributed by atoms with Gasteiger partial charge in [0.2, 0.25) is 5.91 Å². The first kappa shape index (κ1) is 15.5. The molecule has 0 saturated carbocycles. The zero-order valence-corrected chi connectivity index (χ0v) is 13.8. The second-order valence-electron chi connectivity index (χ2n) is 7.39. The van der Waals surface area contributed by atoms with Crippen LogP contribution >= 0.6 is 0 Å². The minimum absolute atomic E-state index is 0.0455. The number of aromatic amines is 1. The Morgan fingerprint density at radius 1 is 1.41 bits per heavy atom. The first-order chi connectivity index (χ1) is 10.6. The van der Waals surface area contributed by atoms with Crippen LogP contribution in [0.3, 0.4) is 0 Å². The van der Waals surface area contributed by atoms with E-state index in [4.69, 9.17) is 0 Å². The van der Waals surface area contributed by atoms with E-state index in [0.717, 1.165) is 44.6 Å². The Morgan fingerprint density at radius 3 is 2.95 bits per heavy atom. The van der Waals surface area contributed by atoms with Crippen molar-refractivity contribution in [2.24, 2.45) is 5.92 Å². The summed E-state index contributed by atoms with van der Waals surface area (Å²) in [6, 6.07) is 0. The number of rotatable bonds is 4. The van der Waals surface area contributed by atoms with E-state index in [-0.39, 0.29) is 17.4 Å². The van der Waals surface area contributed by atoms with Gasteiger partial charge in [0.1, 0.15) is 0 Å². The molecule has 1 fully saturated rings. The summed E-state index contributed by atoms with van der Waals surface area (Å²) < 4.78 is 0. The number of carbonyl (C=O) groups excluding carboxylic acids is 1. The number of likely N-dealkylation sites (tertiary alicyclic amines) is 1. The number of hydrogen-bond acceptors (Lipinski definition) is 3. The van der Waals surface area contributed by atoms with Crippen LogP contribution < -0.4 is 5.32 Å². The average molecular weight is 304 g/mol. The maximum atomic E-state index is 12.5. The SMILES string of the molecule is CC(C)(CNC(=O)[C@@H]1CCc2cn[nH]c2C1)N1CCCCC1. The normalized spacial score (nSPS) is 23.1. The summed E-state index contributed by atoms with van der Waals surface area (Å²) in [5.74, 6) is 0.287. The molecule has 3 rings (SSSR count). The lowest BCUT2D eigenvalue weighted by Gasteiger charge is -2.41. The molecule has 0 radical (unpaired) electrons. The highest BCUT2D eigenvalue weighted by Gasteiger charge is 2.30. The molecule has 1 amide bonds. The van der Waals surface area contributed by atoms with Gasteiger partial charge in [-0.25, -0.2) is 0 Å². The Bertz CT molecular complexity index is 516. The van der Waals surface area contributed by atoms with Crippen molar-refractivity contribution in [1.82, 2.24) is 20.4 Å². The van der Waals surface area contributed by atoms with Crippen molar-refractivity contribution in [3.8, 4) is 0 Å². The molecule has 0 aromatic carbocycles. The van der Waals surface area contributed by atoms with Gasteiger partial charge in [0.25, 0.3) is 0 Å². The van der Waals surface area contributed by atoms with Gasteiger partial charge < -0.3 is 5.32 Å². The maximum Gasteiger partial charge on any atom is 0.223 e. The Balaban J connectivity index is 1.52. The summed E-state index contributed by atoms with van der Waals surface area (Å²) in [4.78, 5) is 15.0. The van der Waals surface area contributed by atoms with E-state index in [1.54, 1.807) is 0 Å². The van der Waals surface area contributed by atoms with Crippen molar-refractivity contribution < 1.29 is 4.79 Å². The van der Waals surface area contributed by atoms with Crippen molar-refractivity contribution >= 4 is 5.91 Å². The van der Waals surface area contributed by atoms with Gasteiger partial charge in [0.05, 0.1) is 6.20 Å². The number of amides is 1. The van der Waals surface area contributed by atoms with Gasteiger partial charge in [-0.05, 0) is 58.2 Å². The second kappa shape index (κ2) is 6.41. The quantitative estimate of drug-likeness (QED) is 0.893. The molecule has 1 aromatic heterocycles. The van der Waals surface area contributed by atoms with Gasteiger partial charge in [-0.15, -0.1) is 0 Å². The van der Waals surface area contributed by atoms with Gasteiger partial charge >= 0.3 is 0 Å². The van der Waals surface area contributed by atoms with Crippen LogP contribution in [0, 0.1) is 5.92 Å². The lowest BCUT2D eigenvalue weighted by atomic mass is 9.87. The molecule has 1 aliphatic heterocycles. The number of aryl methyl sites for hydroxylation is 1. The minimum atomic E-state index is 0.0455. The molecule has 2 N–H and O–H groups in total. The molecule has 1 aromatic rings. The van der Waals surface area contributed by atoms with Crippen LogP contribution in [0.1, 0.15) is 50.8 Å². The van der Waals surface area contributed by atoms with E-state index in [1.807, 2.05) is 6.20 Å². The van der Waals surface area contributed by atoms with Crippen molar-refractivity contribution in [1.29, 1.82) is 0 Å². The number of fused-ring (bicyclic) bond motifs is 1. The lowest BCUT2D eigenvalue weighted by Crippen LogP contribution is -2.54. The van der Waals surface area contributed by atoms with Crippen LogP contribution in [-0.4, -0.2) is 46.2 Å². The van der Waals surface area contributed by atoms with Crippen LogP contribution in [0.25, 0.3) is 0 Å². The third-order valence-corrected chi connectivity index (χ3v) is 5.30. The van der Waals surface area contributed by atoms with Crippen LogP contribution in [-0.2, 0) is 17.6 Å². The van der Waals surface area contributed by atoms with Gasteiger partial charge in [-0.1, -0.05) is 6.42 Å². The number of nitrogens with one attached hydrogen (secondary N) is 2. The molecule has 0 spiro atoms. The number of piperidine rings is 1. The fourth-order valence-corrected chi connectivity index (χ4v) is 3.69. The Hall–Kier alpha value is -1.36. The molecular weight excluding hydrogens is 276 g/mol. The fourth-order valence-electron chi connectivity index (χ4n) is 3.69. The van der Waals surface area contributed by atoms with Gasteiger partial charge in [0.15, 0.2) is 0 Å². The number of H-pyrrole nitrogens is 1. The summed E-state index contributed by atoms with van der Waals surface area (Å²) in [5, 5.41) is 10.3. The summed E-state index contributed by atoms with van der Waals surface area (Å²) >= 11 is 0. The Labute approximate surface area is 132 Å². The Kier molecular flexibility index (Phi) is 4.52. The highest BCUT2D eigenvalue weighted by molar-refractivity contribution is 5.79. The highest BCUT2D eigenvalue weighted by Crippen LogP contribution is 2.24.